The third-order valence-electron chi connectivity index (χ3n) is 1.85. The zero-order valence-electron chi connectivity index (χ0n) is 7.83. The first-order chi connectivity index (χ1) is 6.07. The Morgan fingerprint density at radius 2 is 2.23 bits per heavy atom. The number of esters is 1. The van der Waals surface area contributed by atoms with E-state index >= 15 is 0 Å². The van der Waals surface area contributed by atoms with Crippen LogP contribution < -0.4 is 5.73 Å². The second kappa shape index (κ2) is 3.57. The number of hydrogen-bond donors (Lipinski definition) is 1. The van der Waals surface area contributed by atoms with Crippen molar-refractivity contribution in [3.63, 3.8) is 0 Å². The van der Waals surface area contributed by atoms with E-state index in [1.165, 1.54) is 7.11 Å². The summed E-state index contributed by atoms with van der Waals surface area (Å²) in [7, 11) is 1.29. The minimum absolute atomic E-state index is 0.491. The van der Waals surface area contributed by atoms with Gasteiger partial charge in [0.05, 0.1) is 12.8 Å². The van der Waals surface area contributed by atoms with Crippen LogP contribution in [0.25, 0.3) is 0 Å². The first-order valence-corrected chi connectivity index (χ1v) is 3.84. The van der Waals surface area contributed by atoms with Crippen molar-refractivity contribution in [1.82, 2.24) is 5.16 Å². The maximum atomic E-state index is 11.1. The Balaban J connectivity index is 3.00. The Morgan fingerprint density at radius 3 is 2.62 bits per heavy atom. The lowest BCUT2D eigenvalue weighted by atomic mass is 10.1. The van der Waals surface area contributed by atoms with E-state index in [0.717, 1.165) is 0 Å². The summed E-state index contributed by atoms with van der Waals surface area (Å²) in [4.78, 5) is 11.1. The molecule has 5 heteroatoms. The van der Waals surface area contributed by atoms with Gasteiger partial charge in [-0.1, -0.05) is 5.16 Å². The van der Waals surface area contributed by atoms with E-state index in [2.05, 4.69) is 9.89 Å². The van der Waals surface area contributed by atoms with Gasteiger partial charge >= 0.3 is 5.97 Å². The summed E-state index contributed by atoms with van der Waals surface area (Å²) in [6.45, 7) is 3.44. The summed E-state index contributed by atoms with van der Waals surface area (Å²) >= 11 is 0. The third-order valence-corrected chi connectivity index (χ3v) is 1.85. The van der Waals surface area contributed by atoms with E-state index < -0.39 is 12.0 Å². The summed E-state index contributed by atoms with van der Waals surface area (Å²) in [5.74, 6) is 0.0600. The second-order valence-corrected chi connectivity index (χ2v) is 2.74. The fourth-order valence-corrected chi connectivity index (χ4v) is 1.18. The van der Waals surface area contributed by atoms with E-state index in [1.54, 1.807) is 13.8 Å². The second-order valence-electron chi connectivity index (χ2n) is 2.74. The quantitative estimate of drug-likeness (QED) is 0.675. The number of nitrogens with two attached hydrogens (primary N) is 1. The van der Waals surface area contributed by atoms with Crippen molar-refractivity contribution in [2.24, 2.45) is 5.73 Å². The van der Waals surface area contributed by atoms with E-state index in [9.17, 15) is 4.79 Å². The average molecular weight is 184 g/mol. The van der Waals surface area contributed by atoms with Crippen molar-refractivity contribution in [2.45, 2.75) is 19.9 Å². The lowest BCUT2D eigenvalue weighted by Gasteiger charge is -2.07. The van der Waals surface area contributed by atoms with E-state index in [4.69, 9.17) is 10.3 Å². The molecule has 1 heterocycles. The molecule has 0 aliphatic rings. The molecule has 1 aromatic heterocycles. The van der Waals surface area contributed by atoms with Gasteiger partial charge in [-0.2, -0.15) is 0 Å². The van der Waals surface area contributed by atoms with Crippen LogP contribution in [0.15, 0.2) is 4.52 Å². The molecule has 1 aromatic rings. The molecule has 0 aliphatic heterocycles. The van der Waals surface area contributed by atoms with Crippen LogP contribution in [0.5, 0.6) is 0 Å². The predicted octanol–water partition coefficient (Wildman–Crippen LogP) is 0.464. The molecule has 13 heavy (non-hydrogen) atoms. The highest BCUT2D eigenvalue weighted by atomic mass is 16.5. The summed E-state index contributed by atoms with van der Waals surface area (Å²) < 4.78 is 9.39. The number of methoxy groups -OCH3 is 1. The van der Waals surface area contributed by atoms with Gasteiger partial charge in [-0.25, -0.2) is 0 Å². The van der Waals surface area contributed by atoms with E-state index in [0.29, 0.717) is 17.0 Å². The smallest absolute Gasteiger partial charge is 0.327 e. The fraction of sp³-hybridized carbons (Fsp3) is 0.500. The number of nitrogens with zero attached hydrogens (tertiary/aromatic N) is 1. The van der Waals surface area contributed by atoms with Gasteiger partial charge in [0.25, 0.3) is 0 Å². The van der Waals surface area contributed by atoms with Gasteiger partial charge in [-0.05, 0) is 13.8 Å². The molecular weight excluding hydrogens is 172 g/mol. The predicted molar refractivity (Wildman–Crippen MR) is 44.9 cm³/mol. The number of rotatable bonds is 2. The molecule has 1 rings (SSSR count). The Kier molecular flexibility index (Phi) is 2.67. The lowest BCUT2D eigenvalue weighted by Crippen LogP contribution is -2.23. The topological polar surface area (TPSA) is 78.4 Å². The normalized spacial score (nSPS) is 12.6. The van der Waals surface area contributed by atoms with Crippen LogP contribution in [0.3, 0.4) is 0 Å². The third kappa shape index (κ3) is 1.70. The van der Waals surface area contributed by atoms with Gasteiger partial charge in [-0.15, -0.1) is 0 Å². The van der Waals surface area contributed by atoms with Gasteiger partial charge in [0, 0.05) is 5.56 Å². The minimum atomic E-state index is -0.809. The summed E-state index contributed by atoms with van der Waals surface area (Å²) in [5, 5.41) is 3.69. The van der Waals surface area contributed by atoms with Gasteiger partial charge in [0.15, 0.2) is 0 Å². The van der Waals surface area contributed by atoms with Gasteiger partial charge in [0.2, 0.25) is 0 Å². The van der Waals surface area contributed by atoms with Crippen LogP contribution in [0.1, 0.15) is 23.1 Å². The van der Waals surface area contributed by atoms with Gasteiger partial charge in [-0.3, -0.25) is 4.79 Å². The van der Waals surface area contributed by atoms with Crippen molar-refractivity contribution >= 4 is 5.97 Å². The maximum absolute atomic E-state index is 11.1. The van der Waals surface area contributed by atoms with Gasteiger partial charge in [0.1, 0.15) is 11.8 Å². The van der Waals surface area contributed by atoms with Crippen LogP contribution in [-0.4, -0.2) is 18.2 Å². The zero-order chi connectivity index (χ0) is 10.0. The molecule has 0 saturated heterocycles. The first-order valence-electron chi connectivity index (χ1n) is 3.84. The standard InChI is InChI=1S/C8H12N2O3/c1-4-6(5(2)13-10-4)7(9)8(11)12-3/h7H,9H2,1-3H3. The van der Waals surface area contributed by atoms with Crippen LogP contribution in [0.2, 0.25) is 0 Å². The Labute approximate surface area is 75.8 Å². The molecular formula is C8H12N2O3. The molecule has 0 bridgehead atoms. The minimum Gasteiger partial charge on any atom is -0.468 e. The molecule has 0 aliphatic carbocycles. The van der Waals surface area contributed by atoms with E-state index in [1.807, 2.05) is 0 Å². The summed E-state index contributed by atoms with van der Waals surface area (Å²) in [5.41, 5.74) is 6.84. The van der Waals surface area contributed by atoms with Crippen LogP contribution in [0, 0.1) is 13.8 Å². The van der Waals surface area contributed by atoms with Crippen molar-refractivity contribution in [2.75, 3.05) is 7.11 Å². The Hall–Kier alpha value is -1.36. The van der Waals surface area contributed by atoms with Crippen molar-refractivity contribution in [1.29, 1.82) is 0 Å². The number of carbonyl (C=O) groups is 1. The summed E-state index contributed by atoms with van der Waals surface area (Å²) in [6, 6.07) is -0.809. The molecule has 0 saturated carbocycles. The molecule has 1 atom stereocenters. The highest BCUT2D eigenvalue weighted by molar-refractivity contribution is 5.77. The van der Waals surface area contributed by atoms with Gasteiger partial charge < -0.3 is 15.0 Å². The number of ether oxygens (including phenoxy) is 1. The number of aromatic nitrogens is 1. The molecule has 0 spiro atoms. The SMILES string of the molecule is COC(=O)C(N)c1c(C)noc1C. The lowest BCUT2D eigenvalue weighted by molar-refractivity contribution is -0.142. The molecule has 0 amide bonds. The molecule has 0 radical (unpaired) electrons. The molecule has 2 N–H and O–H groups in total. The van der Waals surface area contributed by atoms with Crippen molar-refractivity contribution in [3.05, 3.63) is 17.0 Å². The maximum Gasteiger partial charge on any atom is 0.327 e. The molecule has 0 aromatic carbocycles. The average Bonchev–Trinajstić information content (AvgIpc) is 2.44. The highest BCUT2D eigenvalue weighted by Crippen LogP contribution is 2.19. The summed E-state index contributed by atoms with van der Waals surface area (Å²) in [6.07, 6.45) is 0. The molecule has 72 valence electrons. The monoisotopic (exact) mass is 184 g/mol. The molecule has 1 unspecified atom stereocenters. The first kappa shape index (κ1) is 9.73. The van der Waals surface area contributed by atoms with Crippen LogP contribution >= 0.6 is 0 Å². The number of carbonyl (C=O) groups excluding carboxylic acids is 1. The van der Waals surface area contributed by atoms with Crippen LogP contribution in [0.4, 0.5) is 0 Å². The number of hydrogen-bond acceptors (Lipinski definition) is 5. The van der Waals surface area contributed by atoms with Crippen molar-refractivity contribution < 1.29 is 14.1 Å². The van der Waals surface area contributed by atoms with Crippen molar-refractivity contribution in [3.8, 4) is 0 Å². The van der Waals surface area contributed by atoms with Crippen LogP contribution in [-0.2, 0) is 9.53 Å². The fourth-order valence-electron chi connectivity index (χ4n) is 1.18. The Bertz CT molecular complexity index is 300. The largest absolute Gasteiger partial charge is 0.468 e. The van der Waals surface area contributed by atoms with E-state index in [-0.39, 0.29) is 0 Å². The Morgan fingerprint density at radius 1 is 1.62 bits per heavy atom. The number of aryl methyl sites for hydroxylation is 2. The zero-order valence-corrected chi connectivity index (χ0v) is 7.83. The highest BCUT2D eigenvalue weighted by Gasteiger charge is 2.23. The molecule has 0 fully saturated rings. The molecule has 5 nitrogen and oxygen atoms in total.